The van der Waals surface area contributed by atoms with Gasteiger partial charge in [0.05, 0.1) is 14.2 Å². The van der Waals surface area contributed by atoms with Crippen molar-refractivity contribution in [1.29, 1.82) is 0 Å². The monoisotopic (exact) mass is 479 g/mol. The molecular formula is C24H24ClF2NO5. The van der Waals surface area contributed by atoms with Crippen LogP contribution in [0.3, 0.4) is 0 Å². The first-order valence-corrected chi connectivity index (χ1v) is 10.7. The molecule has 0 aliphatic carbocycles. The highest BCUT2D eigenvalue weighted by molar-refractivity contribution is 6.30. The minimum atomic E-state index is -0.869. The number of benzene rings is 2. The zero-order chi connectivity index (χ0) is 24.1. The molecule has 176 valence electrons. The van der Waals surface area contributed by atoms with Crippen molar-refractivity contribution in [2.24, 2.45) is 5.92 Å². The van der Waals surface area contributed by atoms with Crippen LogP contribution >= 0.6 is 11.6 Å². The largest absolute Gasteiger partial charge is 0.497 e. The second-order valence-electron chi connectivity index (χ2n) is 7.97. The number of hydrogen-bond acceptors (Lipinski definition) is 5. The van der Waals surface area contributed by atoms with Crippen LogP contribution in [0.5, 0.6) is 5.75 Å². The van der Waals surface area contributed by atoms with E-state index in [9.17, 15) is 23.2 Å². The first kappa shape index (κ1) is 24.6. The van der Waals surface area contributed by atoms with Crippen molar-refractivity contribution in [1.82, 2.24) is 4.90 Å². The van der Waals surface area contributed by atoms with Gasteiger partial charge in [-0.1, -0.05) is 23.7 Å². The molecule has 1 fully saturated rings. The Morgan fingerprint density at radius 1 is 1.12 bits per heavy atom. The normalized spacial score (nSPS) is 18.2. The molecule has 0 radical (unpaired) electrons. The lowest BCUT2D eigenvalue weighted by atomic mass is 9.76. The first-order valence-electron chi connectivity index (χ1n) is 10.4. The number of hydrogen-bond donors (Lipinski definition) is 0. The molecule has 0 bridgehead atoms. The van der Waals surface area contributed by atoms with Gasteiger partial charge in [0.1, 0.15) is 29.7 Å². The summed E-state index contributed by atoms with van der Waals surface area (Å²) >= 11 is 5.89. The maximum Gasteiger partial charge on any atom is 0.325 e. The molecule has 0 aromatic heterocycles. The predicted molar refractivity (Wildman–Crippen MR) is 117 cm³/mol. The van der Waals surface area contributed by atoms with Crippen molar-refractivity contribution in [2.45, 2.75) is 25.2 Å². The van der Waals surface area contributed by atoms with Gasteiger partial charge < -0.3 is 14.4 Å². The Hall–Kier alpha value is -3.00. The zero-order valence-electron chi connectivity index (χ0n) is 18.3. The summed E-state index contributed by atoms with van der Waals surface area (Å²) in [5.41, 5.74) is 0.493. The summed E-state index contributed by atoms with van der Waals surface area (Å²) < 4.78 is 39.2. The Balaban J connectivity index is 1.88. The van der Waals surface area contributed by atoms with Crippen molar-refractivity contribution in [3.63, 3.8) is 0 Å². The molecule has 1 saturated heterocycles. The number of carbonyl (C=O) groups is 3. The second kappa shape index (κ2) is 10.7. The van der Waals surface area contributed by atoms with Gasteiger partial charge in [0.2, 0.25) is 5.91 Å². The number of piperidine rings is 1. The van der Waals surface area contributed by atoms with Crippen molar-refractivity contribution in [3.05, 3.63) is 64.2 Å². The zero-order valence-corrected chi connectivity index (χ0v) is 19.0. The van der Waals surface area contributed by atoms with Gasteiger partial charge >= 0.3 is 5.97 Å². The SMILES string of the molecule is COC(=O)CN1C[C@@H](CC(=O)Cc2ccc(Cl)cc2)C(c2c(F)cc(OC)cc2F)CC1=O. The number of halogens is 3. The van der Waals surface area contributed by atoms with Crippen LogP contribution < -0.4 is 4.74 Å². The number of likely N-dealkylation sites (tertiary alicyclic amines) is 1. The van der Waals surface area contributed by atoms with E-state index in [1.54, 1.807) is 24.3 Å². The second-order valence-corrected chi connectivity index (χ2v) is 8.41. The van der Waals surface area contributed by atoms with Gasteiger partial charge in [-0.15, -0.1) is 0 Å². The lowest BCUT2D eigenvalue weighted by molar-refractivity contribution is -0.149. The van der Waals surface area contributed by atoms with Crippen LogP contribution in [0, 0.1) is 17.6 Å². The summed E-state index contributed by atoms with van der Waals surface area (Å²) in [6.07, 6.45) is -0.155. The molecule has 1 aliphatic rings. The third-order valence-corrected chi connectivity index (χ3v) is 6.03. The number of carbonyl (C=O) groups excluding carboxylic acids is 3. The lowest BCUT2D eigenvalue weighted by Crippen LogP contribution is -2.47. The Morgan fingerprint density at radius 2 is 1.76 bits per heavy atom. The summed E-state index contributed by atoms with van der Waals surface area (Å²) in [7, 11) is 2.50. The molecule has 1 unspecified atom stereocenters. The Labute approximate surface area is 195 Å². The minimum absolute atomic E-state index is 0.00410. The van der Waals surface area contributed by atoms with E-state index in [2.05, 4.69) is 4.74 Å². The maximum atomic E-state index is 14.9. The molecule has 0 saturated carbocycles. The van der Waals surface area contributed by atoms with Gasteiger partial charge in [-0.3, -0.25) is 14.4 Å². The van der Waals surface area contributed by atoms with E-state index in [-0.39, 0.29) is 49.4 Å². The van der Waals surface area contributed by atoms with Crippen molar-refractivity contribution < 1.29 is 32.6 Å². The lowest BCUT2D eigenvalue weighted by Gasteiger charge is -2.38. The Morgan fingerprint density at radius 3 is 2.33 bits per heavy atom. The molecule has 0 N–H and O–H groups in total. The topological polar surface area (TPSA) is 72.9 Å². The average molecular weight is 480 g/mol. The number of Topliss-reactive ketones (excluding diaryl/α,β-unsaturated/α-hetero) is 1. The Kier molecular flexibility index (Phi) is 8.02. The summed E-state index contributed by atoms with van der Waals surface area (Å²) in [6.45, 7) is -0.298. The maximum absolute atomic E-state index is 14.9. The summed E-state index contributed by atoms with van der Waals surface area (Å²) in [5.74, 6) is -4.36. The molecule has 2 aromatic carbocycles. The fourth-order valence-electron chi connectivity index (χ4n) is 4.14. The van der Waals surface area contributed by atoms with E-state index >= 15 is 0 Å². The number of ketones is 1. The molecular weight excluding hydrogens is 456 g/mol. The molecule has 6 nitrogen and oxygen atoms in total. The van der Waals surface area contributed by atoms with Gasteiger partial charge in [0.15, 0.2) is 0 Å². The quantitative estimate of drug-likeness (QED) is 0.536. The molecule has 1 heterocycles. The third-order valence-electron chi connectivity index (χ3n) is 5.78. The molecule has 1 amide bonds. The first-order chi connectivity index (χ1) is 15.7. The van der Waals surface area contributed by atoms with Crippen LogP contribution in [0.4, 0.5) is 8.78 Å². The average Bonchev–Trinajstić information content (AvgIpc) is 2.77. The highest BCUT2D eigenvalue weighted by Gasteiger charge is 2.39. The highest BCUT2D eigenvalue weighted by atomic mass is 35.5. The van der Waals surface area contributed by atoms with E-state index < -0.39 is 35.3 Å². The standard InChI is InChI=1S/C24H24ClF2NO5/c1-32-18-9-20(26)24(21(27)10-18)19-11-22(30)28(13-23(31)33-2)12-15(19)8-17(29)7-14-3-5-16(25)6-4-14/h3-6,9-10,15,19H,7-8,11-13H2,1-2H3/t15-,19?/m1/s1. The van der Waals surface area contributed by atoms with Crippen LogP contribution in [0.1, 0.15) is 29.9 Å². The van der Waals surface area contributed by atoms with Gasteiger partial charge in [-0.2, -0.15) is 0 Å². The molecule has 2 aromatic rings. The molecule has 2 atom stereocenters. The molecule has 3 rings (SSSR count). The Bertz CT molecular complexity index is 1020. The fourth-order valence-corrected chi connectivity index (χ4v) is 4.27. The number of ether oxygens (including phenoxy) is 2. The minimum Gasteiger partial charge on any atom is -0.497 e. The van der Waals surface area contributed by atoms with Crippen LogP contribution in [-0.2, 0) is 25.5 Å². The molecule has 9 heteroatoms. The van der Waals surface area contributed by atoms with E-state index in [1.807, 2.05) is 0 Å². The number of amides is 1. The van der Waals surface area contributed by atoms with Crippen LogP contribution in [0.15, 0.2) is 36.4 Å². The molecule has 1 aliphatic heterocycles. The van der Waals surface area contributed by atoms with Crippen LogP contribution in [-0.4, -0.2) is 49.9 Å². The van der Waals surface area contributed by atoms with E-state index in [4.69, 9.17) is 16.3 Å². The number of esters is 1. The van der Waals surface area contributed by atoms with Gasteiger partial charge in [0.25, 0.3) is 0 Å². The molecule has 33 heavy (non-hydrogen) atoms. The number of methoxy groups -OCH3 is 2. The van der Waals surface area contributed by atoms with Crippen LogP contribution in [0.25, 0.3) is 0 Å². The van der Waals surface area contributed by atoms with Crippen molar-refractivity contribution in [3.8, 4) is 5.75 Å². The molecule has 0 spiro atoms. The fraction of sp³-hybridized carbons (Fsp3) is 0.375. The van der Waals surface area contributed by atoms with Gasteiger partial charge in [0, 0.05) is 54.4 Å². The third kappa shape index (κ3) is 6.07. The van der Waals surface area contributed by atoms with E-state index in [0.29, 0.717) is 5.02 Å². The summed E-state index contributed by atoms with van der Waals surface area (Å²) in [4.78, 5) is 38.5. The van der Waals surface area contributed by atoms with Crippen molar-refractivity contribution in [2.75, 3.05) is 27.3 Å². The summed E-state index contributed by atoms with van der Waals surface area (Å²) in [6, 6.07) is 8.91. The highest BCUT2D eigenvalue weighted by Crippen LogP contribution is 2.39. The smallest absolute Gasteiger partial charge is 0.325 e. The van der Waals surface area contributed by atoms with Gasteiger partial charge in [-0.25, -0.2) is 8.78 Å². The van der Waals surface area contributed by atoms with E-state index in [1.165, 1.54) is 19.1 Å². The van der Waals surface area contributed by atoms with Gasteiger partial charge in [-0.05, 0) is 23.6 Å². The number of rotatable bonds is 8. The van der Waals surface area contributed by atoms with Crippen LogP contribution in [0.2, 0.25) is 5.02 Å². The number of nitrogens with zero attached hydrogens (tertiary/aromatic N) is 1. The predicted octanol–water partition coefficient (Wildman–Crippen LogP) is 3.93. The van der Waals surface area contributed by atoms with E-state index in [0.717, 1.165) is 17.7 Å². The summed E-state index contributed by atoms with van der Waals surface area (Å²) in [5, 5.41) is 0.543. The van der Waals surface area contributed by atoms with Crippen molar-refractivity contribution >= 4 is 29.3 Å².